The monoisotopic (exact) mass is 281 g/mol. The Balaban J connectivity index is 2.56. The van der Waals surface area contributed by atoms with Crippen molar-refractivity contribution in [3.05, 3.63) is 23.8 Å². The lowest BCUT2D eigenvalue weighted by Crippen LogP contribution is -2.45. The molecular weight excluding hydrogens is 262 g/mol. The van der Waals surface area contributed by atoms with Crippen molar-refractivity contribution < 1.29 is 19.4 Å². The van der Waals surface area contributed by atoms with Gasteiger partial charge in [0.2, 0.25) is 5.91 Å². The average molecular weight is 281 g/mol. The van der Waals surface area contributed by atoms with Crippen LogP contribution >= 0.6 is 0 Å². The van der Waals surface area contributed by atoms with Gasteiger partial charge in [0.25, 0.3) is 5.91 Å². The van der Waals surface area contributed by atoms with E-state index in [9.17, 15) is 14.7 Å². The minimum Gasteiger partial charge on any atom is -0.506 e. The van der Waals surface area contributed by atoms with E-state index >= 15 is 0 Å². The molecule has 0 aliphatic carbocycles. The lowest BCUT2D eigenvalue weighted by atomic mass is 10.1. The Bertz CT molecular complexity index is 491. The summed E-state index contributed by atoms with van der Waals surface area (Å²) in [4.78, 5) is 23.5. The first-order chi connectivity index (χ1) is 9.45. The molecule has 0 aliphatic heterocycles. The summed E-state index contributed by atoms with van der Waals surface area (Å²) in [5, 5.41) is 14.6. The fraction of sp³-hybridized carbons (Fsp3) is 0.385. The van der Waals surface area contributed by atoms with E-state index in [2.05, 4.69) is 10.6 Å². The molecule has 20 heavy (non-hydrogen) atoms. The van der Waals surface area contributed by atoms with Gasteiger partial charge >= 0.3 is 0 Å². The van der Waals surface area contributed by atoms with Gasteiger partial charge in [-0.3, -0.25) is 9.59 Å². The van der Waals surface area contributed by atoms with E-state index in [1.54, 1.807) is 6.92 Å². The second-order valence-electron chi connectivity index (χ2n) is 4.25. The van der Waals surface area contributed by atoms with Gasteiger partial charge in [0.15, 0.2) is 0 Å². The van der Waals surface area contributed by atoms with Crippen molar-refractivity contribution in [2.75, 3.05) is 26.0 Å². The highest BCUT2D eigenvalue weighted by molar-refractivity contribution is 5.98. The Kier molecular flexibility index (Phi) is 5.79. The smallest absolute Gasteiger partial charge is 0.252 e. The second-order valence-corrected chi connectivity index (χ2v) is 4.25. The maximum absolute atomic E-state index is 11.9. The van der Waals surface area contributed by atoms with Crippen molar-refractivity contribution >= 4 is 17.5 Å². The minimum absolute atomic E-state index is 0.171. The fourth-order valence-electron chi connectivity index (χ4n) is 1.46. The molecule has 0 aromatic heterocycles. The number of nitrogens with two attached hydrogens (primary N) is 1. The summed E-state index contributed by atoms with van der Waals surface area (Å²) in [5.74, 6) is -0.945. The van der Waals surface area contributed by atoms with Crippen molar-refractivity contribution in [2.45, 2.75) is 13.0 Å². The molecule has 1 aromatic carbocycles. The number of hydrogen-bond acceptors (Lipinski definition) is 5. The summed E-state index contributed by atoms with van der Waals surface area (Å²) in [5.41, 5.74) is 5.87. The van der Waals surface area contributed by atoms with Gasteiger partial charge in [0, 0.05) is 19.2 Å². The molecule has 5 N–H and O–H groups in total. The maximum Gasteiger partial charge on any atom is 0.252 e. The van der Waals surface area contributed by atoms with Gasteiger partial charge in [-0.15, -0.1) is 0 Å². The molecule has 0 aliphatic rings. The fourth-order valence-corrected chi connectivity index (χ4v) is 1.46. The van der Waals surface area contributed by atoms with Crippen LogP contribution in [0.5, 0.6) is 5.75 Å². The van der Waals surface area contributed by atoms with Gasteiger partial charge in [0.1, 0.15) is 11.8 Å². The van der Waals surface area contributed by atoms with Crippen LogP contribution in [-0.2, 0) is 9.53 Å². The number of aromatic hydroxyl groups is 1. The number of ether oxygens (including phenoxy) is 1. The van der Waals surface area contributed by atoms with Crippen LogP contribution in [0, 0.1) is 0 Å². The standard InChI is InChI=1S/C13H19N3O4/c1-8(12(18)15-5-6-20-2)16-13(19)9-3-4-10(14)11(17)7-9/h3-4,7-8,17H,5-6,14H2,1-2H3,(H,15,18)(H,16,19). The Labute approximate surface area is 117 Å². The topological polar surface area (TPSA) is 114 Å². The highest BCUT2D eigenvalue weighted by Gasteiger charge is 2.16. The number of nitrogen functional groups attached to an aromatic ring is 1. The Morgan fingerprint density at radius 1 is 1.45 bits per heavy atom. The number of benzene rings is 1. The predicted octanol–water partition coefficient (Wildman–Crippen LogP) is -0.145. The number of phenolic OH excluding ortho intramolecular Hbond substituents is 1. The van der Waals surface area contributed by atoms with Gasteiger partial charge < -0.3 is 26.2 Å². The van der Waals surface area contributed by atoms with E-state index in [4.69, 9.17) is 10.5 Å². The number of rotatable bonds is 6. The predicted molar refractivity (Wildman–Crippen MR) is 74.3 cm³/mol. The molecular formula is C13H19N3O4. The quantitative estimate of drug-likeness (QED) is 0.329. The van der Waals surface area contributed by atoms with Gasteiger partial charge in [-0.2, -0.15) is 0 Å². The molecule has 1 rings (SSSR count). The van der Waals surface area contributed by atoms with Gasteiger partial charge in [0.05, 0.1) is 12.3 Å². The van der Waals surface area contributed by atoms with Crippen LogP contribution in [0.25, 0.3) is 0 Å². The van der Waals surface area contributed by atoms with E-state index in [1.807, 2.05) is 0 Å². The summed E-state index contributed by atoms with van der Waals surface area (Å²) < 4.78 is 4.81. The van der Waals surface area contributed by atoms with Crippen molar-refractivity contribution in [2.24, 2.45) is 0 Å². The van der Waals surface area contributed by atoms with E-state index in [-0.39, 0.29) is 22.9 Å². The van der Waals surface area contributed by atoms with Crippen molar-refractivity contribution in [1.82, 2.24) is 10.6 Å². The number of hydrogen-bond donors (Lipinski definition) is 4. The first-order valence-electron chi connectivity index (χ1n) is 6.11. The van der Waals surface area contributed by atoms with Crippen LogP contribution in [0.15, 0.2) is 18.2 Å². The molecule has 1 atom stereocenters. The zero-order valence-corrected chi connectivity index (χ0v) is 11.5. The molecule has 0 radical (unpaired) electrons. The Morgan fingerprint density at radius 2 is 2.15 bits per heavy atom. The average Bonchev–Trinajstić information content (AvgIpc) is 2.41. The van der Waals surface area contributed by atoms with E-state index in [0.717, 1.165) is 0 Å². The van der Waals surface area contributed by atoms with Crippen molar-refractivity contribution in [3.8, 4) is 5.75 Å². The molecule has 0 heterocycles. The zero-order chi connectivity index (χ0) is 15.1. The first kappa shape index (κ1) is 15.8. The third kappa shape index (κ3) is 4.43. The van der Waals surface area contributed by atoms with E-state index in [0.29, 0.717) is 13.2 Å². The van der Waals surface area contributed by atoms with Gasteiger partial charge in [-0.1, -0.05) is 0 Å². The van der Waals surface area contributed by atoms with Crippen LogP contribution in [0.1, 0.15) is 17.3 Å². The summed E-state index contributed by atoms with van der Waals surface area (Å²) >= 11 is 0. The molecule has 1 unspecified atom stereocenters. The lowest BCUT2D eigenvalue weighted by Gasteiger charge is -2.14. The normalized spacial score (nSPS) is 11.7. The van der Waals surface area contributed by atoms with Crippen LogP contribution in [-0.4, -0.2) is 43.2 Å². The lowest BCUT2D eigenvalue weighted by molar-refractivity contribution is -0.122. The molecule has 0 fully saturated rings. The highest BCUT2D eigenvalue weighted by atomic mass is 16.5. The van der Waals surface area contributed by atoms with E-state index < -0.39 is 11.9 Å². The van der Waals surface area contributed by atoms with Gasteiger partial charge in [-0.05, 0) is 25.1 Å². The van der Waals surface area contributed by atoms with Gasteiger partial charge in [-0.25, -0.2) is 0 Å². The number of amides is 2. The summed E-state index contributed by atoms with van der Waals surface area (Å²) in [7, 11) is 1.53. The third-order valence-electron chi connectivity index (χ3n) is 2.64. The molecule has 110 valence electrons. The number of anilines is 1. The number of phenols is 1. The highest BCUT2D eigenvalue weighted by Crippen LogP contribution is 2.20. The van der Waals surface area contributed by atoms with E-state index in [1.165, 1.54) is 25.3 Å². The largest absolute Gasteiger partial charge is 0.506 e. The third-order valence-corrected chi connectivity index (χ3v) is 2.64. The summed E-state index contributed by atoms with van der Waals surface area (Å²) in [6, 6.07) is 3.45. The SMILES string of the molecule is COCCNC(=O)C(C)NC(=O)c1ccc(N)c(O)c1. The van der Waals surface area contributed by atoms with Crippen LogP contribution in [0.2, 0.25) is 0 Å². The summed E-state index contributed by atoms with van der Waals surface area (Å²) in [6.07, 6.45) is 0. The summed E-state index contributed by atoms with van der Waals surface area (Å²) in [6.45, 7) is 2.34. The molecule has 0 bridgehead atoms. The molecule has 7 heteroatoms. The number of carbonyl (C=O) groups excluding carboxylic acids is 2. The number of nitrogens with one attached hydrogen (secondary N) is 2. The van der Waals surface area contributed by atoms with Crippen LogP contribution in [0.3, 0.4) is 0 Å². The molecule has 0 saturated heterocycles. The molecule has 0 saturated carbocycles. The van der Waals surface area contributed by atoms with Crippen molar-refractivity contribution in [3.63, 3.8) is 0 Å². The minimum atomic E-state index is -0.695. The molecule has 0 spiro atoms. The first-order valence-corrected chi connectivity index (χ1v) is 6.11. The molecule has 1 aromatic rings. The van der Waals surface area contributed by atoms with Crippen LogP contribution < -0.4 is 16.4 Å². The number of carbonyl (C=O) groups is 2. The maximum atomic E-state index is 11.9. The Hall–Kier alpha value is -2.28. The molecule has 2 amide bonds. The second kappa shape index (κ2) is 7.34. The molecule has 7 nitrogen and oxygen atoms in total. The number of methoxy groups -OCH3 is 1. The Morgan fingerprint density at radius 3 is 2.75 bits per heavy atom. The van der Waals surface area contributed by atoms with Crippen LogP contribution in [0.4, 0.5) is 5.69 Å². The zero-order valence-electron chi connectivity index (χ0n) is 11.5. The van der Waals surface area contributed by atoms with Crippen molar-refractivity contribution in [1.29, 1.82) is 0 Å².